The van der Waals surface area contributed by atoms with Gasteiger partial charge in [-0.3, -0.25) is 4.79 Å². The van der Waals surface area contributed by atoms with Gasteiger partial charge in [0.2, 0.25) is 0 Å². The number of carbonyl (C=O) groups excluding carboxylic acids is 1. The van der Waals surface area contributed by atoms with Crippen LogP contribution in [0.5, 0.6) is 0 Å². The predicted molar refractivity (Wildman–Crippen MR) is 50.3 cm³/mol. The van der Waals surface area contributed by atoms with Gasteiger partial charge in [0.25, 0.3) is 0 Å². The van der Waals surface area contributed by atoms with E-state index in [1.54, 1.807) is 18.2 Å². The van der Waals surface area contributed by atoms with Crippen molar-refractivity contribution in [2.75, 3.05) is 17.3 Å². The number of ketones is 1. The third-order valence-electron chi connectivity index (χ3n) is 1.42. The molecule has 0 aliphatic rings. The molecule has 4 heteroatoms. The van der Waals surface area contributed by atoms with Gasteiger partial charge in [0.1, 0.15) is 0 Å². The van der Waals surface area contributed by atoms with Gasteiger partial charge < -0.3 is 11.5 Å². The summed E-state index contributed by atoms with van der Waals surface area (Å²) in [7, 11) is 0. The largest absolute Gasteiger partial charge is 0.399 e. The molecule has 12 heavy (non-hydrogen) atoms. The summed E-state index contributed by atoms with van der Waals surface area (Å²) in [5, 5.41) is 0. The van der Waals surface area contributed by atoms with Crippen molar-refractivity contribution in [1.82, 2.24) is 0 Å². The molecule has 0 saturated heterocycles. The van der Waals surface area contributed by atoms with Crippen LogP contribution in [0.4, 0.5) is 11.4 Å². The fourth-order valence-electron chi connectivity index (χ4n) is 0.915. The molecule has 0 aliphatic heterocycles. The predicted octanol–water partition coefficient (Wildman–Crippen LogP) is 1.27. The normalized spacial score (nSPS) is 9.75. The van der Waals surface area contributed by atoms with E-state index in [1.165, 1.54) is 0 Å². The number of nitrogens with two attached hydrogens (primary N) is 2. The minimum Gasteiger partial charge on any atom is -0.399 e. The van der Waals surface area contributed by atoms with E-state index in [1.807, 2.05) is 0 Å². The van der Waals surface area contributed by atoms with Crippen molar-refractivity contribution in [3.05, 3.63) is 23.8 Å². The van der Waals surface area contributed by atoms with E-state index in [9.17, 15) is 4.79 Å². The standard InChI is InChI=1S/C8H9ClN2O/c9-4-8(12)5-1-6(10)3-7(11)2-5/h1-3H,4,10-11H2. The number of halogens is 1. The first-order valence-corrected chi connectivity index (χ1v) is 3.92. The molecule has 1 rings (SSSR count). The van der Waals surface area contributed by atoms with Crippen molar-refractivity contribution in [2.45, 2.75) is 0 Å². The lowest BCUT2D eigenvalue weighted by Crippen LogP contribution is -2.02. The molecule has 1 aromatic carbocycles. The molecule has 0 amide bonds. The summed E-state index contributed by atoms with van der Waals surface area (Å²) >= 11 is 5.36. The number of Topliss-reactive ketones (excluding diaryl/α,β-unsaturated/α-hetero) is 1. The fourth-order valence-corrected chi connectivity index (χ4v) is 1.07. The van der Waals surface area contributed by atoms with Crippen molar-refractivity contribution >= 4 is 28.8 Å². The number of hydrogen-bond acceptors (Lipinski definition) is 3. The highest BCUT2D eigenvalue weighted by Crippen LogP contribution is 2.14. The van der Waals surface area contributed by atoms with Gasteiger partial charge in [-0.2, -0.15) is 0 Å². The first kappa shape index (κ1) is 8.87. The Morgan fingerprint density at radius 1 is 1.25 bits per heavy atom. The zero-order chi connectivity index (χ0) is 9.14. The highest BCUT2D eigenvalue weighted by Gasteiger charge is 2.04. The topological polar surface area (TPSA) is 69.1 Å². The number of benzene rings is 1. The second-order valence-corrected chi connectivity index (χ2v) is 2.71. The van der Waals surface area contributed by atoms with Gasteiger partial charge in [-0.05, 0) is 18.2 Å². The molecule has 3 nitrogen and oxygen atoms in total. The molecule has 0 atom stereocenters. The molecule has 1 aromatic rings. The van der Waals surface area contributed by atoms with Crippen molar-refractivity contribution in [1.29, 1.82) is 0 Å². The third kappa shape index (κ3) is 1.89. The van der Waals surface area contributed by atoms with E-state index >= 15 is 0 Å². The van der Waals surface area contributed by atoms with Gasteiger partial charge in [0, 0.05) is 16.9 Å². The van der Waals surface area contributed by atoms with Gasteiger partial charge >= 0.3 is 0 Å². The van der Waals surface area contributed by atoms with Gasteiger partial charge in [-0.25, -0.2) is 0 Å². The minimum absolute atomic E-state index is 0.0527. The maximum Gasteiger partial charge on any atom is 0.177 e. The quantitative estimate of drug-likeness (QED) is 0.413. The van der Waals surface area contributed by atoms with E-state index in [-0.39, 0.29) is 11.7 Å². The second kappa shape index (κ2) is 3.45. The van der Waals surface area contributed by atoms with Gasteiger partial charge in [0.05, 0.1) is 5.88 Å². The summed E-state index contributed by atoms with van der Waals surface area (Å²) in [6.07, 6.45) is 0. The first-order valence-electron chi connectivity index (χ1n) is 3.38. The van der Waals surface area contributed by atoms with Crippen LogP contribution in [0.15, 0.2) is 18.2 Å². The Kier molecular flexibility index (Phi) is 2.55. The Labute approximate surface area is 75.3 Å². The lowest BCUT2D eigenvalue weighted by atomic mass is 10.1. The molecule has 0 radical (unpaired) electrons. The first-order chi connectivity index (χ1) is 5.63. The molecular weight excluding hydrogens is 176 g/mol. The second-order valence-electron chi connectivity index (χ2n) is 2.45. The maximum atomic E-state index is 11.1. The molecule has 0 unspecified atom stereocenters. The Bertz CT molecular complexity index is 292. The SMILES string of the molecule is Nc1cc(N)cc(C(=O)CCl)c1. The zero-order valence-electron chi connectivity index (χ0n) is 6.38. The van der Waals surface area contributed by atoms with E-state index in [0.717, 1.165) is 0 Å². The van der Waals surface area contributed by atoms with Gasteiger partial charge in [-0.1, -0.05) is 0 Å². The van der Waals surface area contributed by atoms with Crippen LogP contribution in [0.2, 0.25) is 0 Å². The van der Waals surface area contributed by atoms with Crippen LogP contribution in [-0.4, -0.2) is 11.7 Å². The summed E-state index contributed by atoms with van der Waals surface area (Å²) < 4.78 is 0. The molecule has 4 N–H and O–H groups in total. The summed E-state index contributed by atoms with van der Waals surface area (Å²) in [6, 6.07) is 4.70. The molecule has 0 fully saturated rings. The molecule has 0 heterocycles. The van der Waals surface area contributed by atoms with E-state index < -0.39 is 0 Å². The number of hydrogen-bond donors (Lipinski definition) is 2. The van der Waals surface area contributed by atoms with Crippen LogP contribution in [-0.2, 0) is 0 Å². The fraction of sp³-hybridized carbons (Fsp3) is 0.125. The lowest BCUT2D eigenvalue weighted by molar-refractivity contribution is 0.102. The van der Waals surface area contributed by atoms with Gasteiger partial charge in [0.15, 0.2) is 5.78 Å². The van der Waals surface area contributed by atoms with Crippen LogP contribution in [0.1, 0.15) is 10.4 Å². The lowest BCUT2D eigenvalue weighted by Gasteiger charge is -2.00. The van der Waals surface area contributed by atoms with Crippen LogP contribution < -0.4 is 11.5 Å². The summed E-state index contributed by atoms with van der Waals surface area (Å²) in [4.78, 5) is 11.1. The van der Waals surface area contributed by atoms with Crippen molar-refractivity contribution in [3.8, 4) is 0 Å². The van der Waals surface area contributed by atoms with Crippen molar-refractivity contribution in [3.63, 3.8) is 0 Å². The summed E-state index contributed by atoms with van der Waals surface area (Å²) in [5.41, 5.74) is 12.4. The molecule has 0 bridgehead atoms. The number of nitrogen functional groups attached to an aromatic ring is 2. The van der Waals surface area contributed by atoms with E-state index in [0.29, 0.717) is 16.9 Å². The van der Waals surface area contributed by atoms with Crippen molar-refractivity contribution in [2.24, 2.45) is 0 Å². The third-order valence-corrected chi connectivity index (χ3v) is 1.66. The number of carbonyl (C=O) groups is 1. The maximum absolute atomic E-state index is 11.1. The highest BCUT2D eigenvalue weighted by atomic mass is 35.5. The Morgan fingerprint density at radius 2 is 1.75 bits per heavy atom. The Balaban J connectivity index is 3.08. The highest BCUT2D eigenvalue weighted by molar-refractivity contribution is 6.30. The average molecular weight is 185 g/mol. The molecule has 0 saturated carbocycles. The summed E-state index contributed by atoms with van der Waals surface area (Å²) in [6.45, 7) is 0. The van der Waals surface area contributed by atoms with Crippen LogP contribution in [0, 0.1) is 0 Å². The number of anilines is 2. The Morgan fingerprint density at radius 3 is 2.17 bits per heavy atom. The van der Waals surface area contributed by atoms with Gasteiger partial charge in [-0.15, -0.1) is 11.6 Å². The van der Waals surface area contributed by atoms with E-state index in [2.05, 4.69) is 0 Å². The van der Waals surface area contributed by atoms with Crippen LogP contribution in [0.3, 0.4) is 0 Å². The molecule has 0 aromatic heterocycles. The van der Waals surface area contributed by atoms with Crippen LogP contribution in [0.25, 0.3) is 0 Å². The smallest absolute Gasteiger partial charge is 0.177 e. The number of rotatable bonds is 2. The Hall–Kier alpha value is -1.22. The van der Waals surface area contributed by atoms with Crippen molar-refractivity contribution < 1.29 is 4.79 Å². The average Bonchev–Trinajstić information content (AvgIpc) is 2.01. The zero-order valence-corrected chi connectivity index (χ0v) is 7.14. The molecule has 0 spiro atoms. The monoisotopic (exact) mass is 184 g/mol. The van der Waals surface area contributed by atoms with E-state index in [4.69, 9.17) is 23.1 Å². The molecular formula is C8H9ClN2O. The minimum atomic E-state index is -0.171. The number of alkyl halides is 1. The molecule has 64 valence electrons. The van der Waals surface area contributed by atoms with Crippen LogP contribution >= 0.6 is 11.6 Å². The molecule has 0 aliphatic carbocycles. The summed E-state index contributed by atoms with van der Waals surface area (Å²) in [5.74, 6) is -0.223.